The van der Waals surface area contributed by atoms with E-state index in [1.165, 1.54) is 0 Å². The molecule has 0 atom stereocenters. The molecule has 0 bridgehead atoms. The smallest absolute Gasteiger partial charge is 0.194 e. The van der Waals surface area contributed by atoms with Crippen LogP contribution in [0.1, 0.15) is 28.5 Å². The van der Waals surface area contributed by atoms with Crippen molar-refractivity contribution in [2.45, 2.75) is 13.3 Å². The fourth-order valence-electron chi connectivity index (χ4n) is 1.56. The summed E-state index contributed by atoms with van der Waals surface area (Å²) in [7, 11) is 0. The fourth-order valence-corrected chi connectivity index (χ4v) is 1.75. The second-order valence-corrected chi connectivity index (χ2v) is 4.17. The van der Waals surface area contributed by atoms with Crippen LogP contribution in [0.4, 0.5) is 0 Å². The first-order valence-corrected chi connectivity index (χ1v) is 5.83. The van der Waals surface area contributed by atoms with E-state index in [0.29, 0.717) is 16.1 Å². The van der Waals surface area contributed by atoms with Crippen molar-refractivity contribution in [3.05, 3.63) is 64.4 Å². The lowest BCUT2D eigenvalue weighted by atomic mass is 10.0. The Bertz CT molecular complexity index is 534. The summed E-state index contributed by atoms with van der Waals surface area (Å²) >= 11 is 5.86. The zero-order chi connectivity index (χ0) is 12.3. The number of benzene rings is 1. The van der Waals surface area contributed by atoms with E-state index in [9.17, 15) is 4.79 Å². The minimum Gasteiger partial charge on any atom is -0.289 e. The summed E-state index contributed by atoms with van der Waals surface area (Å²) in [5.74, 6) is -0.0531. The first kappa shape index (κ1) is 11.8. The molecule has 0 N–H and O–H groups in total. The molecular weight excluding hydrogens is 234 g/mol. The molecule has 2 nitrogen and oxygen atoms in total. The highest BCUT2D eigenvalue weighted by atomic mass is 35.5. The van der Waals surface area contributed by atoms with Crippen molar-refractivity contribution in [3.63, 3.8) is 0 Å². The van der Waals surface area contributed by atoms with E-state index in [1.54, 1.807) is 36.5 Å². The summed E-state index contributed by atoms with van der Waals surface area (Å²) in [5, 5.41) is 0.564. The molecule has 86 valence electrons. The SMILES string of the molecule is CCc1ccc(C(=O)c2cccc(Cl)c2)cn1. The predicted molar refractivity (Wildman–Crippen MR) is 68.5 cm³/mol. The molecule has 0 aliphatic rings. The van der Waals surface area contributed by atoms with Gasteiger partial charge in [-0.05, 0) is 30.7 Å². The number of halogens is 1. The highest BCUT2D eigenvalue weighted by molar-refractivity contribution is 6.31. The van der Waals surface area contributed by atoms with E-state index in [-0.39, 0.29) is 5.78 Å². The number of nitrogens with zero attached hydrogens (tertiary/aromatic N) is 1. The summed E-state index contributed by atoms with van der Waals surface area (Å²) in [6.07, 6.45) is 2.48. The molecule has 0 radical (unpaired) electrons. The van der Waals surface area contributed by atoms with Gasteiger partial charge in [0.1, 0.15) is 0 Å². The van der Waals surface area contributed by atoms with Gasteiger partial charge in [-0.1, -0.05) is 30.7 Å². The highest BCUT2D eigenvalue weighted by Gasteiger charge is 2.09. The summed E-state index contributed by atoms with van der Waals surface area (Å²) in [6.45, 7) is 2.03. The number of rotatable bonds is 3. The fraction of sp³-hybridized carbons (Fsp3) is 0.143. The molecule has 3 heteroatoms. The first-order chi connectivity index (χ1) is 8.20. The summed E-state index contributed by atoms with van der Waals surface area (Å²) in [4.78, 5) is 16.3. The van der Waals surface area contributed by atoms with E-state index in [1.807, 2.05) is 13.0 Å². The van der Waals surface area contributed by atoms with Crippen molar-refractivity contribution in [2.24, 2.45) is 0 Å². The van der Waals surface area contributed by atoms with Gasteiger partial charge >= 0.3 is 0 Å². The summed E-state index contributed by atoms with van der Waals surface area (Å²) < 4.78 is 0. The monoisotopic (exact) mass is 245 g/mol. The van der Waals surface area contributed by atoms with Crippen molar-refractivity contribution in [1.82, 2.24) is 4.98 Å². The van der Waals surface area contributed by atoms with Gasteiger partial charge in [0.25, 0.3) is 0 Å². The van der Waals surface area contributed by atoms with Crippen LogP contribution >= 0.6 is 11.6 Å². The number of ketones is 1. The lowest BCUT2D eigenvalue weighted by Gasteiger charge is -2.02. The third-order valence-corrected chi connectivity index (χ3v) is 2.77. The minimum absolute atomic E-state index is 0.0531. The topological polar surface area (TPSA) is 30.0 Å². The molecular formula is C14H12ClNO. The molecule has 2 aromatic rings. The van der Waals surface area contributed by atoms with E-state index in [4.69, 9.17) is 11.6 Å². The van der Waals surface area contributed by atoms with Crippen LogP contribution in [0.3, 0.4) is 0 Å². The van der Waals surface area contributed by atoms with E-state index in [0.717, 1.165) is 12.1 Å². The number of carbonyl (C=O) groups is 1. The van der Waals surface area contributed by atoms with Crippen LogP contribution in [0.25, 0.3) is 0 Å². The Morgan fingerprint density at radius 2 is 2.06 bits per heavy atom. The van der Waals surface area contributed by atoms with Gasteiger partial charge in [0, 0.05) is 28.0 Å². The molecule has 0 aliphatic heterocycles. The van der Waals surface area contributed by atoms with Crippen molar-refractivity contribution < 1.29 is 4.79 Å². The van der Waals surface area contributed by atoms with Gasteiger partial charge in [-0.3, -0.25) is 9.78 Å². The predicted octanol–water partition coefficient (Wildman–Crippen LogP) is 3.53. The zero-order valence-corrected chi connectivity index (χ0v) is 10.2. The van der Waals surface area contributed by atoms with Crippen molar-refractivity contribution in [3.8, 4) is 0 Å². The van der Waals surface area contributed by atoms with Crippen LogP contribution < -0.4 is 0 Å². The number of hydrogen-bond donors (Lipinski definition) is 0. The third-order valence-electron chi connectivity index (χ3n) is 2.54. The normalized spacial score (nSPS) is 10.2. The third kappa shape index (κ3) is 2.71. The molecule has 0 saturated carbocycles. The quantitative estimate of drug-likeness (QED) is 0.775. The minimum atomic E-state index is -0.0531. The molecule has 0 fully saturated rings. The summed E-state index contributed by atoms with van der Waals surface area (Å²) in [5.41, 5.74) is 2.15. The van der Waals surface area contributed by atoms with Crippen LogP contribution in [-0.2, 0) is 6.42 Å². The summed E-state index contributed by atoms with van der Waals surface area (Å²) in [6, 6.07) is 10.6. The molecule has 2 rings (SSSR count). The number of pyridine rings is 1. The Morgan fingerprint density at radius 1 is 1.24 bits per heavy atom. The van der Waals surface area contributed by atoms with Crippen LogP contribution in [0.2, 0.25) is 5.02 Å². The molecule has 1 aromatic heterocycles. The first-order valence-electron chi connectivity index (χ1n) is 5.46. The van der Waals surface area contributed by atoms with Crippen molar-refractivity contribution in [2.75, 3.05) is 0 Å². The van der Waals surface area contributed by atoms with Gasteiger partial charge in [-0.2, -0.15) is 0 Å². The molecule has 1 aromatic carbocycles. The van der Waals surface area contributed by atoms with Crippen molar-refractivity contribution in [1.29, 1.82) is 0 Å². The lowest BCUT2D eigenvalue weighted by Crippen LogP contribution is -2.02. The molecule has 0 unspecified atom stereocenters. The maximum atomic E-state index is 12.1. The molecule has 0 aliphatic carbocycles. The molecule has 0 amide bonds. The van der Waals surface area contributed by atoms with E-state index < -0.39 is 0 Å². The largest absolute Gasteiger partial charge is 0.289 e. The van der Waals surface area contributed by atoms with Crippen LogP contribution in [0.5, 0.6) is 0 Å². The van der Waals surface area contributed by atoms with Gasteiger partial charge < -0.3 is 0 Å². The van der Waals surface area contributed by atoms with Gasteiger partial charge in [0.15, 0.2) is 5.78 Å². The van der Waals surface area contributed by atoms with Crippen molar-refractivity contribution >= 4 is 17.4 Å². The second kappa shape index (κ2) is 5.11. The number of aryl methyl sites for hydroxylation is 1. The van der Waals surface area contributed by atoms with E-state index in [2.05, 4.69) is 4.98 Å². The Hall–Kier alpha value is -1.67. The van der Waals surface area contributed by atoms with Gasteiger partial charge in [0.05, 0.1) is 0 Å². The van der Waals surface area contributed by atoms with Crippen LogP contribution in [0.15, 0.2) is 42.6 Å². The molecule has 0 spiro atoms. The average molecular weight is 246 g/mol. The molecule has 1 heterocycles. The maximum Gasteiger partial charge on any atom is 0.194 e. The zero-order valence-electron chi connectivity index (χ0n) is 9.48. The Balaban J connectivity index is 2.30. The molecule has 0 saturated heterocycles. The van der Waals surface area contributed by atoms with Crippen LogP contribution in [-0.4, -0.2) is 10.8 Å². The van der Waals surface area contributed by atoms with Crippen LogP contribution in [0, 0.1) is 0 Å². The Morgan fingerprint density at radius 3 is 2.65 bits per heavy atom. The van der Waals surface area contributed by atoms with Gasteiger partial charge in [0.2, 0.25) is 0 Å². The Kier molecular flexibility index (Phi) is 3.55. The van der Waals surface area contributed by atoms with Gasteiger partial charge in [-0.15, -0.1) is 0 Å². The molecule has 17 heavy (non-hydrogen) atoms. The Labute approximate surface area is 105 Å². The lowest BCUT2D eigenvalue weighted by molar-refractivity contribution is 0.103. The van der Waals surface area contributed by atoms with E-state index >= 15 is 0 Å². The number of hydrogen-bond acceptors (Lipinski definition) is 2. The second-order valence-electron chi connectivity index (χ2n) is 3.73. The standard InChI is InChI=1S/C14H12ClNO/c1-2-13-7-6-11(9-16-13)14(17)10-4-3-5-12(15)8-10/h3-9H,2H2,1H3. The highest BCUT2D eigenvalue weighted by Crippen LogP contribution is 2.14. The average Bonchev–Trinajstić information content (AvgIpc) is 2.38. The van der Waals surface area contributed by atoms with Gasteiger partial charge in [-0.25, -0.2) is 0 Å². The number of aromatic nitrogens is 1. The number of carbonyl (C=O) groups excluding carboxylic acids is 1. The maximum absolute atomic E-state index is 12.1.